The zero-order valence-corrected chi connectivity index (χ0v) is 14.3. The second-order valence-electron chi connectivity index (χ2n) is 5.86. The minimum Gasteiger partial charge on any atom is -0.361 e. The number of benzene rings is 2. The van der Waals surface area contributed by atoms with E-state index < -0.39 is 25.4 Å². The lowest BCUT2D eigenvalue weighted by Crippen LogP contribution is -2.28. The molecule has 1 aliphatic rings. The summed E-state index contributed by atoms with van der Waals surface area (Å²) in [5, 5.41) is 9.16. The van der Waals surface area contributed by atoms with Crippen LogP contribution in [0.2, 0.25) is 0 Å². The molecule has 5 heteroatoms. The van der Waals surface area contributed by atoms with Crippen molar-refractivity contribution >= 4 is 12.4 Å². The molecule has 0 aliphatic carbocycles. The highest BCUT2D eigenvalue weighted by Crippen LogP contribution is 2.45. The molecule has 1 aliphatic heterocycles. The summed E-state index contributed by atoms with van der Waals surface area (Å²) in [6.45, 7) is -5.47. The molecule has 3 nitrogen and oxygen atoms in total. The van der Waals surface area contributed by atoms with Crippen molar-refractivity contribution in [3.8, 4) is 6.07 Å². The second-order valence-corrected chi connectivity index (χ2v) is 5.86. The van der Waals surface area contributed by atoms with E-state index in [1.54, 1.807) is 30.3 Å². The first-order chi connectivity index (χ1) is 14.0. The van der Waals surface area contributed by atoms with Gasteiger partial charge >= 0.3 is 0 Å². The van der Waals surface area contributed by atoms with Crippen LogP contribution in [0.5, 0.6) is 0 Å². The van der Waals surface area contributed by atoms with Gasteiger partial charge in [0.2, 0.25) is 0 Å². The van der Waals surface area contributed by atoms with E-state index in [0.717, 1.165) is 11.1 Å². The van der Waals surface area contributed by atoms with Crippen molar-refractivity contribution in [2.75, 3.05) is 20.5 Å². The van der Waals surface area contributed by atoms with Crippen molar-refractivity contribution in [1.82, 2.24) is 4.90 Å². The van der Waals surface area contributed by atoms with E-state index in [1.165, 1.54) is 12.1 Å². The molecule has 0 bridgehead atoms. The predicted molar refractivity (Wildman–Crippen MR) is 98.2 cm³/mol. The summed E-state index contributed by atoms with van der Waals surface area (Å²) in [7, 11) is 0. The number of nitriles is 1. The van der Waals surface area contributed by atoms with E-state index in [0.29, 0.717) is 22.4 Å². The highest BCUT2D eigenvalue weighted by atomic mass is 35.5. The van der Waals surface area contributed by atoms with Crippen molar-refractivity contribution in [3.63, 3.8) is 0 Å². The summed E-state index contributed by atoms with van der Waals surface area (Å²) < 4.78 is 64.8. The number of halogens is 2. The molecule has 0 amide bonds. The number of ether oxygens (including phenoxy) is 1. The van der Waals surface area contributed by atoms with Crippen LogP contribution in [0.1, 0.15) is 43.3 Å². The van der Waals surface area contributed by atoms with Crippen molar-refractivity contribution in [2.24, 2.45) is 0 Å². The third-order valence-corrected chi connectivity index (χ3v) is 4.36. The topological polar surface area (TPSA) is 36.3 Å². The molecule has 1 heterocycles. The van der Waals surface area contributed by atoms with Crippen LogP contribution in [0.4, 0.5) is 4.39 Å². The van der Waals surface area contributed by atoms with E-state index in [2.05, 4.69) is 6.07 Å². The Morgan fingerprint density at radius 2 is 2.04 bits per heavy atom. The van der Waals surface area contributed by atoms with Gasteiger partial charge in [0.1, 0.15) is 11.4 Å². The van der Waals surface area contributed by atoms with Crippen LogP contribution < -0.4 is 0 Å². The van der Waals surface area contributed by atoms with Crippen molar-refractivity contribution in [2.45, 2.75) is 25.0 Å². The molecule has 0 saturated heterocycles. The Morgan fingerprint density at radius 3 is 2.72 bits per heavy atom. The predicted octanol–water partition coefficient (Wildman–Crippen LogP) is 4.23. The van der Waals surface area contributed by atoms with Gasteiger partial charge in [-0.25, -0.2) is 4.39 Å². The Morgan fingerprint density at radius 1 is 1.28 bits per heavy atom. The van der Waals surface area contributed by atoms with Crippen molar-refractivity contribution < 1.29 is 17.4 Å². The zero-order chi connectivity index (χ0) is 22.2. The molecule has 132 valence electrons. The lowest BCUT2D eigenvalue weighted by Gasteiger charge is -2.31. The maximum Gasteiger partial charge on any atom is 0.123 e. The molecular formula is C20H22ClFN2O. The van der Waals surface area contributed by atoms with E-state index in [-0.39, 0.29) is 32.0 Å². The summed E-state index contributed by atoms with van der Waals surface area (Å²) >= 11 is 0. The molecule has 0 aromatic heterocycles. The van der Waals surface area contributed by atoms with E-state index >= 15 is 0 Å². The smallest absolute Gasteiger partial charge is 0.123 e. The Labute approximate surface area is 162 Å². The summed E-state index contributed by atoms with van der Waals surface area (Å²) in [6.07, 6.45) is 0.508. The maximum absolute atomic E-state index is 13.5. The minimum atomic E-state index is -2.76. The molecule has 3 rings (SSSR count). The highest BCUT2D eigenvalue weighted by Gasteiger charge is 2.41. The standard InChI is InChI=1S/C20H21FN2O.ClH/c1-23(2)11-3-10-20(17-5-7-18(21)8-6-17)19-9-4-15(13-22)12-16(19)14-24-20;/h4-9,12H,3,10-11,14H2,1-2H3;1H/i1D3,2D3;. The fraction of sp³-hybridized carbons (Fsp3) is 0.350. The van der Waals surface area contributed by atoms with Crippen LogP contribution >= 0.6 is 12.4 Å². The average molecular weight is 367 g/mol. The zero-order valence-electron chi connectivity index (χ0n) is 19.5. The van der Waals surface area contributed by atoms with Gasteiger partial charge in [-0.2, -0.15) is 5.26 Å². The largest absolute Gasteiger partial charge is 0.361 e. The van der Waals surface area contributed by atoms with Crippen molar-refractivity contribution in [3.05, 3.63) is 70.5 Å². The number of rotatable bonds is 5. The van der Waals surface area contributed by atoms with Crippen LogP contribution in [0.25, 0.3) is 0 Å². The first kappa shape index (κ1) is 12.4. The summed E-state index contributed by atoms with van der Waals surface area (Å²) in [6, 6.07) is 13.1. The normalized spacial score (nSPS) is 23.1. The van der Waals surface area contributed by atoms with Crippen LogP contribution in [-0.2, 0) is 16.9 Å². The third-order valence-electron chi connectivity index (χ3n) is 4.36. The first-order valence-corrected chi connectivity index (χ1v) is 7.69. The molecular weight excluding hydrogens is 339 g/mol. The van der Waals surface area contributed by atoms with Crippen LogP contribution in [0.15, 0.2) is 42.5 Å². The average Bonchev–Trinajstić information content (AvgIpc) is 3.02. The van der Waals surface area contributed by atoms with Crippen LogP contribution in [-0.4, -0.2) is 25.4 Å². The van der Waals surface area contributed by atoms with Gasteiger partial charge in [0.05, 0.1) is 18.2 Å². The monoisotopic (exact) mass is 366 g/mol. The summed E-state index contributed by atoms with van der Waals surface area (Å²) in [5.74, 6) is -0.400. The van der Waals surface area contributed by atoms with E-state index in [9.17, 15) is 4.39 Å². The van der Waals surface area contributed by atoms with Crippen LogP contribution in [0.3, 0.4) is 0 Å². The number of hydrogen-bond donors (Lipinski definition) is 0. The minimum absolute atomic E-state index is 0. The molecule has 2 aromatic carbocycles. The SMILES string of the molecule is Cl.[2H]C([2H])([2H])N(CCCC1(c2ccc(F)cc2)OCc2cc(C#N)ccc21)C([2H])([2H])[2H]. The summed E-state index contributed by atoms with van der Waals surface area (Å²) in [4.78, 5) is 0.521. The number of nitrogens with zero attached hydrogens (tertiary/aromatic N) is 2. The molecule has 0 N–H and O–H groups in total. The third kappa shape index (κ3) is 3.85. The quantitative estimate of drug-likeness (QED) is 0.794. The summed E-state index contributed by atoms with van der Waals surface area (Å²) in [5.41, 5.74) is 1.82. The molecule has 25 heavy (non-hydrogen) atoms. The number of fused-ring (bicyclic) bond motifs is 1. The lowest BCUT2D eigenvalue weighted by atomic mass is 9.81. The van der Waals surface area contributed by atoms with Crippen molar-refractivity contribution in [1.29, 1.82) is 5.26 Å². The Bertz CT molecular complexity index is 944. The molecule has 2 aromatic rings. The molecule has 0 radical (unpaired) electrons. The van der Waals surface area contributed by atoms with Gasteiger partial charge in [-0.15, -0.1) is 12.4 Å². The van der Waals surface area contributed by atoms with Gasteiger partial charge in [-0.05, 0) is 74.3 Å². The lowest BCUT2D eigenvalue weighted by molar-refractivity contribution is -0.0140. The molecule has 0 saturated carbocycles. The Hall–Kier alpha value is -1.93. The first-order valence-electron chi connectivity index (χ1n) is 10.7. The van der Waals surface area contributed by atoms with Gasteiger partial charge in [0.15, 0.2) is 0 Å². The second kappa shape index (κ2) is 7.97. The van der Waals surface area contributed by atoms with Gasteiger partial charge in [-0.1, -0.05) is 18.2 Å². The Balaban J connectivity index is 0.00000341. The van der Waals surface area contributed by atoms with E-state index in [4.69, 9.17) is 18.2 Å². The fourth-order valence-corrected chi connectivity index (χ4v) is 3.25. The van der Waals surface area contributed by atoms with Gasteiger partial charge < -0.3 is 9.64 Å². The number of hydrogen-bond acceptors (Lipinski definition) is 3. The Kier molecular flexibility index (Phi) is 3.96. The molecule has 0 fully saturated rings. The fourth-order valence-electron chi connectivity index (χ4n) is 3.25. The van der Waals surface area contributed by atoms with Gasteiger partial charge in [-0.3, -0.25) is 0 Å². The van der Waals surface area contributed by atoms with Crippen LogP contribution in [0, 0.1) is 17.1 Å². The maximum atomic E-state index is 13.5. The van der Waals surface area contributed by atoms with E-state index in [1.807, 2.05) is 0 Å². The van der Waals surface area contributed by atoms with Gasteiger partial charge in [0.25, 0.3) is 0 Å². The molecule has 1 atom stereocenters. The molecule has 0 spiro atoms. The molecule has 1 unspecified atom stereocenters. The highest BCUT2D eigenvalue weighted by molar-refractivity contribution is 5.85. The van der Waals surface area contributed by atoms with Gasteiger partial charge in [0, 0.05) is 8.22 Å².